The maximum absolute atomic E-state index is 13.8. The molecule has 0 fully saturated rings. The van der Waals surface area contributed by atoms with E-state index >= 15 is 0 Å². The molecule has 0 spiro atoms. The summed E-state index contributed by atoms with van der Waals surface area (Å²) in [6.45, 7) is 1.54. The highest BCUT2D eigenvalue weighted by molar-refractivity contribution is 8.00. The Hall–Kier alpha value is -2.59. The van der Waals surface area contributed by atoms with E-state index in [1.165, 1.54) is 24.3 Å². The van der Waals surface area contributed by atoms with Gasteiger partial charge in [0.05, 0.1) is 21.4 Å². The first kappa shape index (κ1) is 21.1. The fraction of sp³-hybridized carbons (Fsp3) is 0.167. The van der Waals surface area contributed by atoms with Gasteiger partial charge >= 0.3 is 6.18 Å². The van der Waals surface area contributed by atoms with Gasteiger partial charge in [0, 0.05) is 5.69 Å². The van der Waals surface area contributed by atoms with Gasteiger partial charge in [-0.15, -0.1) is 5.10 Å². The zero-order chi connectivity index (χ0) is 21.2. The van der Waals surface area contributed by atoms with Gasteiger partial charge < -0.3 is 5.32 Å². The summed E-state index contributed by atoms with van der Waals surface area (Å²) in [5, 5.41) is 7.94. The molecule has 1 heterocycles. The average molecular weight is 445 g/mol. The van der Waals surface area contributed by atoms with Gasteiger partial charge in [-0.3, -0.25) is 9.89 Å². The maximum atomic E-state index is 13.8. The van der Waals surface area contributed by atoms with Gasteiger partial charge in [-0.1, -0.05) is 35.5 Å². The van der Waals surface area contributed by atoms with Crippen molar-refractivity contribution < 1.29 is 22.4 Å². The van der Waals surface area contributed by atoms with Gasteiger partial charge in [0.2, 0.25) is 11.1 Å². The van der Waals surface area contributed by atoms with Crippen LogP contribution >= 0.6 is 23.4 Å². The highest BCUT2D eigenvalue weighted by Crippen LogP contribution is 2.36. The Balaban J connectivity index is 1.68. The molecule has 5 nitrogen and oxygen atoms in total. The van der Waals surface area contributed by atoms with Crippen LogP contribution in [-0.4, -0.2) is 26.3 Å². The van der Waals surface area contributed by atoms with Crippen LogP contribution in [0.4, 0.5) is 23.2 Å². The van der Waals surface area contributed by atoms with Crippen molar-refractivity contribution in [3.05, 3.63) is 58.9 Å². The fourth-order valence-electron chi connectivity index (χ4n) is 2.35. The average Bonchev–Trinajstić information content (AvgIpc) is 3.11. The zero-order valence-electron chi connectivity index (χ0n) is 14.7. The summed E-state index contributed by atoms with van der Waals surface area (Å²) in [5.41, 5.74) is -0.855. The molecule has 0 bridgehead atoms. The van der Waals surface area contributed by atoms with Gasteiger partial charge in [0.25, 0.3) is 0 Å². The van der Waals surface area contributed by atoms with Crippen LogP contribution in [0.15, 0.2) is 47.6 Å². The topological polar surface area (TPSA) is 70.7 Å². The van der Waals surface area contributed by atoms with Crippen molar-refractivity contribution in [1.82, 2.24) is 15.2 Å². The van der Waals surface area contributed by atoms with Crippen LogP contribution in [0.5, 0.6) is 0 Å². The van der Waals surface area contributed by atoms with Crippen LogP contribution in [0.1, 0.15) is 12.5 Å². The molecular formula is C18H13ClF4N4OS. The van der Waals surface area contributed by atoms with Crippen molar-refractivity contribution in [2.24, 2.45) is 0 Å². The monoisotopic (exact) mass is 444 g/mol. The molecule has 0 radical (unpaired) electrons. The van der Waals surface area contributed by atoms with Gasteiger partial charge in [0.15, 0.2) is 5.82 Å². The summed E-state index contributed by atoms with van der Waals surface area (Å²) < 4.78 is 52.6. The van der Waals surface area contributed by atoms with Crippen LogP contribution in [0.2, 0.25) is 5.02 Å². The summed E-state index contributed by atoms with van der Waals surface area (Å²) in [6.07, 6.45) is -4.64. The molecule has 3 rings (SSSR count). The molecule has 11 heteroatoms. The number of nitrogens with zero attached hydrogens (tertiary/aromatic N) is 2. The summed E-state index contributed by atoms with van der Waals surface area (Å²) in [5.74, 6) is -0.831. The van der Waals surface area contributed by atoms with Crippen LogP contribution in [0.25, 0.3) is 11.4 Å². The Morgan fingerprint density at radius 2 is 1.97 bits per heavy atom. The number of rotatable bonds is 5. The Bertz CT molecular complexity index is 1040. The van der Waals surface area contributed by atoms with Crippen LogP contribution in [-0.2, 0) is 11.0 Å². The summed E-state index contributed by atoms with van der Waals surface area (Å²) in [4.78, 5) is 16.5. The summed E-state index contributed by atoms with van der Waals surface area (Å²) in [7, 11) is 0. The Kier molecular flexibility index (Phi) is 6.13. The number of hydrogen-bond acceptors (Lipinski definition) is 4. The number of H-pyrrole nitrogens is 1. The molecule has 29 heavy (non-hydrogen) atoms. The van der Waals surface area contributed by atoms with E-state index < -0.39 is 33.7 Å². The van der Waals surface area contributed by atoms with Crippen molar-refractivity contribution in [3.63, 3.8) is 0 Å². The highest BCUT2D eigenvalue weighted by atomic mass is 35.5. The third kappa shape index (κ3) is 5.07. The van der Waals surface area contributed by atoms with E-state index in [0.29, 0.717) is 0 Å². The third-order valence-electron chi connectivity index (χ3n) is 3.78. The number of thioether (sulfide) groups is 1. The number of alkyl halides is 3. The van der Waals surface area contributed by atoms with Gasteiger partial charge in [-0.05, 0) is 37.3 Å². The van der Waals surface area contributed by atoms with E-state index in [-0.39, 0.29) is 22.2 Å². The SMILES string of the molecule is CC(Sc1n[nH]c(-c2ccccc2F)n1)C(=O)Nc1ccc(Cl)c(C(F)(F)F)c1. The normalized spacial score (nSPS) is 12.6. The number of benzene rings is 2. The van der Waals surface area contributed by atoms with Crippen molar-refractivity contribution in [3.8, 4) is 11.4 Å². The highest BCUT2D eigenvalue weighted by Gasteiger charge is 2.33. The second kappa shape index (κ2) is 8.42. The lowest BCUT2D eigenvalue weighted by Gasteiger charge is -2.13. The zero-order valence-corrected chi connectivity index (χ0v) is 16.3. The number of anilines is 1. The molecule has 2 N–H and O–H groups in total. The fourth-order valence-corrected chi connectivity index (χ4v) is 3.30. The van der Waals surface area contributed by atoms with Gasteiger partial charge in [-0.25, -0.2) is 9.37 Å². The molecule has 0 aliphatic heterocycles. The van der Waals surface area contributed by atoms with Crippen LogP contribution in [0, 0.1) is 5.82 Å². The van der Waals surface area contributed by atoms with Crippen LogP contribution in [0.3, 0.4) is 0 Å². The molecule has 0 aliphatic rings. The quantitative estimate of drug-likeness (QED) is 0.408. The predicted molar refractivity (Wildman–Crippen MR) is 102 cm³/mol. The molecule has 3 aromatic rings. The Morgan fingerprint density at radius 3 is 2.66 bits per heavy atom. The molecule has 1 amide bonds. The number of halogens is 5. The first-order valence-electron chi connectivity index (χ1n) is 8.16. The lowest BCUT2D eigenvalue weighted by Crippen LogP contribution is -2.22. The van der Waals surface area contributed by atoms with Crippen molar-refractivity contribution >= 4 is 35.0 Å². The largest absolute Gasteiger partial charge is 0.417 e. The maximum Gasteiger partial charge on any atom is 0.417 e. The molecule has 1 aromatic heterocycles. The molecule has 1 unspecified atom stereocenters. The molecule has 0 saturated carbocycles. The summed E-state index contributed by atoms with van der Waals surface area (Å²) in [6, 6.07) is 9.09. The molecule has 1 atom stereocenters. The number of amides is 1. The van der Waals surface area contributed by atoms with E-state index in [9.17, 15) is 22.4 Å². The van der Waals surface area contributed by atoms with Gasteiger partial charge in [0.1, 0.15) is 5.82 Å². The van der Waals surface area contributed by atoms with E-state index in [1.54, 1.807) is 13.0 Å². The molecule has 0 saturated heterocycles. The van der Waals surface area contributed by atoms with Crippen molar-refractivity contribution in [2.45, 2.75) is 23.5 Å². The minimum atomic E-state index is -4.64. The lowest BCUT2D eigenvalue weighted by molar-refractivity contribution is -0.137. The number of aromatic nitrogens is 3. The van der Waals surface area contributed by atoms with E-state index in [1.807, 2.05) is 0 Å². The van der Waals surface area contributed by atoms with Crippen molar-refractivity contribution in [2.75, 3.05) is 5.32 Å². The number of aromatic amines is 1. The lowest BCUT2D eigenvalue weighted by atomic mass is 10.2. The Labute approximate surface area is 171 Å². The smallest absolute Gasteiger partial charge is 0.325 e. The van der Waals surface area contributed by atoms with E-state index in [4.69, 9.17) is 11.6 Å². The minimum Gasteiger partial charge on any atom is -0.325 e. The summed E-state index contributed by atoms with van der Waals surface area (Å²) >= 11 is 6.54. The van der Waals surface area contributed by atoms with E-state index in [0.717, 1.165) is 23.9 Å². The number of carbonyl (C=O) groups is 1. The molecule has 152 valence electrons. The van der Waals surface area contributed by atoms with Gasteiger partial charge in [-0.2, -0.15) is 13.2 Å². The predicted octanol–water partition coefficient (Wildman–Crippen LogP) is 5.40. The minimum absolute atomic E-state index is 0.0405. The first-order chi connectivity index (χ1) is 13.6. The Morgan fingerprint density at radius 1 is 1.24 bits per heavy atom. The first-order valence-corrected chi connectivity index (χ1v) is 9.42. The molecule has 0 aliphatic carbocycles. The number of carbonyl (C=O) groups excluding carboxylic acids is 1. The molecular weight excluding hydrogens is 432 g/mol. The number of hydrogen-bond donors (Lipinski definition) is 2. The second-order valence-corrected chi connectivity index (χ2v) is 7.60. The van der Waals surface area contributed by atoms with Crippen molar-refractivity contribution in [1.29, 1.82) is 0 Å². The number of nitrogens with one attached hydrogen (secondary N) is 2. The second-order valence-electron chi connectivity index (χ2n) is 5.89. The van der Waals surface area contributed by atoms with E-state index in [2.05, 4.69) is 20.5 Å². The third-order valence-corrected chi connectivity index (χ3v) is 5.08. The van der Waals surface area contributed by atoms with Crippen LogP contribution < -0.4 is 5.32 Å². The molecule has 2 aromatic carbocycles. The standard InChI is InChI=1S/C18H13ClF4N4OS/c1-9(16(28)24-10-6-7-13(19)12(8-10)18(21,22)23)29-17-25-15(26-27-17)11-4-2-3-5-14(11)20/h2-9H,1H3,(H,24,28)(H,25,26,27).